The van der Waals surface area contributed by atoms with Gasteiger partial charge in [-0.2, -0.15) is 0 Å². The molecule has 0 N–H and O–H groups in total. The molecular weight excluding hydrogens is 651 g/mol. The lowest BCUT2D eigenvalue weighted by molar-refractivity contribution is 0.596. The second kappa shape index (κ2) is 10.5. The van der Waals surface area contributed by atoms with Crippen LogP contribution in [0.25, 0.3) is 66.8 Å². The molecule has 0 atom stereocenters. The Morgan fingerprint density at radius 3 is 1.90 bits per heavy atom. The molecule has 3 aliphatic rings. The highest BCUT2D eigenvalue weighted by Crippen LogP contribution is 2.64. The van der Waals surface area contributed by atoms with Crippen LogP contribution in [0.2, 0.25) is 0 Å². The fourth-order valence-electron chi connectivity index (χ4n) is 9.68. The molecule has 52 heavy (non-hydrogen) atoms. The van der Waals surface area contributed by atoms with Gasteiger partial charge < -0.3 is 8.98 Å². The summed E-state index contributed by atoms with van der Waals surface area (Å²) in [5, 5.41) is 3.74. The minimum absolute atomic E-state index is 0.507. The molecule has 1 aliphatic heterocycles. The van der Waals surface area contributed by atoms with Gasteiger partial charge in [0, 0.05) is 48.3 Å². The predicted octanol–water partition coefficient (Wildman–Crippen LogP) is 13.0. The van der Waals surface area contributed by atoms with E-state index in [1.165, 1.54) is 81.5 Å². The van der Waals surface area contributed by atoms with Gasteiger partial charge in [0.25, 0.3) is 0 Å². The van der Waals surface area contributed by atoms with Crippen LogP contribution < -0.4 is 0 Å². The monoisotopic (exact) mass is 681 g/mol. The first-order valence-corrected chi connectivity index (χ1v) is 19.0. The predicted molar refractivity (Wildman–Crippen MR) is 215 cm³/mol. The zero-order valence-corrected chi connectivity index (χ0v) is 29.1. The van der Waals surface area contributed by atoms with Gasteiger partial charge in [0.1, 0.15) is 11.3 Å². The topological polar surface area (TPSA) is 18.1 Å². The number of aromatic nitrogens is 1. The van der Waals surface area contributed by atoms with Gasteiger partial charge in [0.15, 0.2) is 0 Å². The highest BCUT2D eigenvalue weighted by Gasteiger charge is 2.51. The van der Waals surface area contributed by atoms with Crippen molar-refractivity contribution in [3.63, 3.8) is 0 Å². The van der Waals surface area contributed by atoms with E-state index in [2.05, 4.69) is 168 Å². The van der Waals surface area contributed by atoms with Crippen LogP contribution in [-0.4, -0.2) is 4.57 Å². The molecule has 1 spiro atoms. The van der Waals surface area contributed by atoms with E-state index in [9.17, 15) is 0 Å². The molecule has 12 rings (SSSR count). The molecule has 244 valence electrons. The van der Waals surface area contributed by atoms with E-state index in [1.54, 1.807) is 0 Å². The molecule has 0 saturated carbocycles. The average molecular weight is 682 g/mol. The zero-order chi connectivity index (χ0) is 34.0. The summed E-state index contributed by atoms with van der Waals surface area (Å²) in [6.07, 6.45) is 6.44. The van der Waals surface area contributed by atoms with Crippen molar-refractivity contribution in [1.82, 2.24) is 4.57 Å². The number of hydrogen-bond donors (Lipinski definition) is 0. The molecule has 2 nitrogen and oxygen atoms in total. The second-order valence-electron chi connectivity index (χ2n) is 14.2. The Morgan fingerprint density at radius 1 is 0.538 bits per heavy atom. The van der Waals surface area contributed by atoms with Gasteiger partial charge >= 0.3 is 0 Å². The number of para-hydroxylation sites is 3. The quantitative estimate of drug-likeness (QED) is 0.181. The molecule has 0 radical (unpaired) electrons. The number of rotatable bonds is 2. The van der Waals surface area contributed by atoms with E-state index in [0.29, 0.717) is 0 Å². The van der Waals surface area contributed by atoms with E-state index >= 15 is 0 Å². The number of furan rings is 1. The molecule has 9 aromatic rings. The van der Waals surface area contributed by atoms with Crippen molar-refractivity contribution >= 4 is 50.6 Å². The van der Waals surface area contributed by atoms with Crippen LogP contribution in [0.1, 0.15) is 40.0 Å². The van der Waals surface area contributed by atoms with Crippen LogP contribution in [0.5, 0.6) is 0 Å². The van der Waals surface area contributed by atoms with Gasteiger partial charge in [-0.25, -0.2) is 0 Å². The summed E-state index contributed by atoms with van der Waals surface area (Å²) in [6, 6.07) is 56.6. The lowest BCUT2D eigenvalue weighted by Gasteiger charge is -2.40. The van der Waals surface area contributed by atoms with Crippen molar-refractivity contribution in [2.75, 3.05) is 0 Å². The highest BCUT2D eigenvalue weighted by molar-refractivity contribution is 7.99. The van der Waals surface area contributed by atoms with Crippen LogP contribution in [0, 0.1) is 0 Å². The third kappa shape index (κ3) is 3.61. The maximum absolute atomic E-state index is 6.83. The van der Waals surface area contributed by atoms with Gasteiger partial charge in [0.05, 0.1) is 16.4 Å². The molecule has 3 heterocycles. The van der Waals surface area contributed by atoms with Crippen LogP contribution >= 0.6 is 11.8 Å². The van der Waals surface area contributed by atoms with Crippen molar-refractivity contribution in [1.29, 1.82) is 0 Å². The van der Waals surface area contributed by atoms with Crippen LogP contribution in [0.4, 0.5) is 0 Å². The first kappa shape index (κ1) is 28.6. The molecule has 0 amide bonds. The Labute approximate surface area is 305 Å². The maximum atomic E-state index is 6.83. The molecule has 0 fully saturated rings. The SMILES string of the molecule is C1=Cc2oc3c(-c4cc(-n5c6ccccc6c6ccccc65)cc5c4Sc4ccccc4C54c5ccccc5-c5ccccc54)cccc3c2CC1. The van der Waals surface area contributed by atoms with E-state index in [0.717, 1.165) is 35.4 Å². The average Bonchev–Trinajstić information content (AvgIpc) is 3.85. The maximum Gasteiger partial charge on any atom is 0.142 e. The third-order valence-corrected chi connectivity index (χ3v) is 13.0. The van der Waals surface area contributed by atoms with E-state index in [-0.39, 0.29) is 0 Å². The molecule has 2 aromatic heterocycles. The summed E-state index contributed by atoms with van der Waals surface area (Å²) in [7, 11) is 0. The van der Waals surface area contributed by atoms with Crippen molar-refractivity contribution in [3.05, 3.63) is 191 Å². The fourth-order valence-corrected chi connectivity index (χ4v) is 11.0. The smallest absolute Gasteiger partial charge is 0.142 e. The molecule has 0 unspecified atom stereocenters. The molecule has 2 aliphatic carbocycles. The Balaban J connectivity index is 1.28. The molecule has 3 heteroatoms. The second-order valence-corrected chi connectivity index (χ2v) is 15.3. The largest absolute Gasteiger partial charge is 0.456 e. The van der Waals surface area contributed by atoms with Gasteiger partial charge in [-0.05, 0) is 82.6 Å². The van der Waals surface area contributed by atoms with Crippen LogP contribution in [0.3, 0.4) is 0 Å². The standard InChI is InChI=1S/C49H31NOS/c1-6-21-39-31(14-1)32-15-2-7-22-40(32)49(39)41-23-8-12-27-46(41)52-48-38(37-20-13-19-36-35-18-5-11-26-45(35)51-47(36)37)28-30(29-42(48)49)50-43-24-9-3-16-33(43)34-17-4-10-25-44(34)50/h1-4,6-17,19-29H,5,18H2. The van der Waals surface area contributed by atoms with Gasteiger partial charge in [-0.3, -0.25) is 0 Å². The third-order valence-electron chi connectivity index (χ3n) is 11.7. The van der Waals surface area contributed by atoms with Gasteiger partial charge in [-0.1, -0.05) is 139 Å². The minimum atomic E-state index is -0.507. The number of hydrogen-bond acceptors (Lipinski definition) is 2. The Morgan fingerprint density at radius 2 is 1.15 bits per heavy atom. The van der Waals surface area contributed by atoms with E-state index < -0.39 is 5.41 Å². The molecular formula is C49H31NOS. The summed E-state index contributed by atoms with van der Waals surface area (Å²) in [5.74, 6) is 0.995. The summed E-state index contributed by atoms with van der Waals surface area (Å²) >= 11 is 1.91. The van der Waals surface area contributed by atoms with Crippen molar-refractivity contribution in [2.45, 2.75) is 28.0 Å². The van der Waals surface area contributed by atoms with Crippen molar-refractivity contribution in [2.24, 2.45) is 0 Å². The first-order valence-electron chi connectivity index (χ1n) is 18.2. The van der Waals surface area contributed by atoms with Gasteiger partial charge in [0.2, 0.25) is 0 Å². The van der Waals surface area contributed by atoms with Crippen LogP contribution in [0.15, 0.2) is 172 Å². The van der Waals surface area contributed by atoms with Crippen molar-refractivity contribution in [3.8, 4) is 27.9 Å². The summed E-state index contributed by atoms with van der Waals surface area (Å²) < 4.78 is 9.32. The summed E-state index contributed by atoms with van der Waals surface area (Å²) in [5.41, 5.74) is 15.6. The lowest BCUT2D eigenvalue weighted by atomic mass is 9.67. The number of allylic oxidation sites excluding steroid dienone is 1. The van der Waals surface area contributed by atoms with Crippen molar-refractivity contribution < 1.29 is 4.42 Å². The van der Waals surface area contributed by atoms with Crippen LogP contribution in [-0.2, 0) is 11.8 Å². The number of nitrogens with zero attached hydrogens (tertiary/aromatic N) is 1. The molecule has 0 saturated heterocycles. The van der Waals surface area contributed by atoms with E-state index in [4.69, 9.17) is 4.42 Å². The zero-order valence-electron chi connectivity index (χ0n) is 28.3. The Hall–Kier alpha value is -6.03. The number of benzene rings is 7. The highest BCUT2D eigenvalue weighted by atomic mass is 32.2. The minimum Gasteiger partial charge on any atom is -0.456 e. The number of aryl methyl sites for hydroxylation is 1. The van der Waals surface area contributed by atoms with Gasteiger partial charge in [-0.15, -0.1) is 0 Å². The van der Waals surface area contributed by atoms with E-state index in [1.807, 2.05) is 11.8 Å². The molecule has 0 bridgehead atoms. The Kier molecular flexibility index (Phi) is 5.79. The number of fused-ring (bicyclic) bond motifs is 15. The lowest BCUT2D eigenvalue weighted by Crippen LogP contribution is -2.32. The first-order chi connectivity index (χ1) is 25.8. The normalized spacial score (nSPS) is 14.8. The Bertz CT molecular complexity index is 2910. The molecule has 7 aromatic carbocycles. The summed E-state index contributed by atoms with van der Waals surface area (Å²) in [6.45, 7) is 0. The summed E-state index contributed by atoms with van der Waals surface area (Å²) in [4.78, 5) is 2.58. The fraction of sp³-hybridized carbons (Fsp3) is 0.0612.